The molecular formula is C9H7BrF4S. The topological polar surface area (TPSA) is 0 Å². The van der Waals surface area contributed by atoms with Crippen LogP contribution in [0.1, 0.15) is 5.56 Å². The van der Waals surface area contributed by atoms with E-state index >= 15 is 0 Å². The summed E-state index contributed by atoms with van der Waals surface area (Å²) in [6.07, 6.45) is -3.80. The Balaban J connectivity index is 3.18. The molecule has 15 heavy (non-hydrogen) atoms. The highest BCUT2D eigenvalue weighted by Gasteiger charge is 2.30. The SMILES string of the molecule is CSc1ccc(F)c(Br)c1CC(F)(F)F. The number of hydrogen-bond acceptors (Lipinski definition) is 1. The average Bonchev–Trinajstić information content (AvgIpc) is 2.11. The second kappa shape index (κ2) is 4.74. The molecule has 0 fully saturated rings. The number of halogens is 5. The van der Waals surface area contributed by atoms with Gasteiger partial charge in [-0.05, 0) is 39.9 Å². The van der Waals surface area contributed by atoms with Crippen molar-refractivity contribution in [2.75, 3.05) is 6.26 Å². The third kappa shape index (κ3) is 3.38. The molecule has 0 N–H and O–H groups in total. The molecule has 1 aromatic carbocycles. The van der Waals surface area contributed by atoms with Crippen LogP contribution in [0, 0.1) is 5.82 Å². The quantitative estimate of drug-likeness (QED) is 0.576. The van der Waals surface area contributed by atoms with Gasteiger partial charge in [-0.1, -0.05) is 0 Å². The summed E-state index contributed by atoms with van der Waals surface area (Å²) in [5.41, 5.74) is -0.0463. The summed E-state index contributed by atoms with van der Waals surface area (Å²) in [5, 5.41) is 0. The molecule has 1 aromatic rings. The van der Waals surface area contributed by atoms with Gasteiger partial charge in [-0.2, -0.15) is 13.2 Å². The Morgan fingerprint density at radius 2 is 1.93 bits per heavy atom. The molecule has 0 aliphatic carbocycles. The zero-order valence-electron chi connectivity index (χ0n) is 7.66. The smallest absolute Gasteiger partial charge is 0.206 e. The van der Waals surface area contributed by atoms with Gasteiger partial charge < -0.3 is 0 Å². The van der Waals surface area contributed by atoms with Crippen LogP contribution >= 0.6 is 27.7 Å². The van der Waals surface area contributed by atoms with Crippen LogP contribution in [0.4, 0.5) is 17.6 Å². The van der Waals surface area contributed by atoms with Crippen LogP contribution in [0.25, 0.3) is 0 Å². The normalized spacial score (nSPS) is 11.9. The van der Waals surface area contributed by atoms with E-state index in [0.717, 1.165) is 17.8 Å². The van der Waals surface area contributed by atoms with Gasteiger partial charge in [0.2, 0.25) is 0 Å². The molecular weight excluding hydrogens is 296 g/mol. The van der Waals surface area contributed by atoms with Gasteiger partial charge in [0, 0.05) is 4.90 Å². The lowest BCUT2D eigenvalue weighted by molar-refractivity contribution is -0.127. The third-order valence-electron chi connectivity index (χ3n) is 1.75. The van der Waals surface area contributed by atoms with Crippen molar-refractivity contribution in [3.8, 4) is 0 Å². The van der Waals surface area contributed by atoms with Crippen LogP contribution in [-0.4, -0.2) is 12.4 Å². The Morgan fingerprint density at radius 3 is 2.40 bits per heavy atom. The molecule has 0 aromatic heterocycles. The Hall–Kier alpha value is -0.230. The van der Waals surface area contributed by atoms with Crippen LogP contribution in [-0.2, 0) is 6.42 Å². The molecule has 1 rings (SSSR count). The lowest BCUT2D eigenvalue weighted by Gasteiger charge is -2.12. The van der Waals surface area contributed by atoms with Gasteiger partial charge in [0.1, 0.15) is 5.82 Å². The van der Waals surface area contributed by atoms with E-state index in [0.29, 0.717) is 4.90 Å². The van der Waals surface area contributed by atoms with Gasteiger partial charge in [-0.15, -0.1) is 11.8 Å². The fraction of sp³-hybridized carbons (Fsp3) is 0.333. The standard InChI is InChI=1S/C9H7BrF4S/c1-15-7-3-2-6(11)8(10)5(7)4-9(12,13)14/h2-3H,4H2,1H3. The molecule has 0 spiro atoms. The highest BCUT2D eigenvalue weighted by Crippen LogP contribution is 2.34. The van der Waals surface area contributed by atoms with Gasteiger partial charge in [-0.25, -0.2) is 4.39 Å². The van der Waals surface area contributed by atoms with Crippen molar-refractivity contribution in [3.05, 3.63) is 28.0 Å². The summed E-state index contributed by atoms with van der Waals surface area (Å²) in [7, 11) is 0. The highest BCUT2D eigenvalue weighted by atomic mass is 79.9. The van der Waals surface area contributed by atoms with Crippen molar-refractivity contribution in [1.29, 1.82) is 0 Å². The summed E-state index contributed by atoms with van der Waals surface area (Å²) in [6.45, 7) is 0. The molecule has 0 saturated carbocycles. The Morgan fingerprint density at radius 1 is 1.33 bits per heavy atom. The summed E-state index contributed by atoms with van der Waals surface area (Å²) < 4.78 is 49.6. The largest absolute Gasteiger partial charge is 0.393 e. The molecule has 0 aliphatic heterocycles. The van der Waals surface area contributed by atoms with Crippen molar-refractivity contribution in [1.82, 2.24) is 0 Å². The van der Waals surface area contributed by atoms with E-state index in [4.69, 9.17) is 0 Å². The van der Waals surface area contributed by atoms with Crippen molar-refractivity contribution in [2.45, 2.75) is 17.5 Å². The Kier molecular flexibility index (Phi) is 4.06. The minimum absolute atomic E-state index is 0.0463. The fourth-order valence-corrected chi connectivity index (χ4v) is 2.37. The number of hydrogen-bond donors (Lipinski definition) is 0. The van der Waals surface area contributed by atoms with E-state index in [2.05, 4.69) is 15.9 Å². The molecule has 0 aliphatic rings. The molecule has 84 valence electrons. The zero-order valence-corrected chi connectivity index (χ0v) is 10.1. The van der Waals surface area contributed by atoms with E-state index in [9.17, 15) is 17.6 Å². The Bertz CT molecular complexity index is 362. The summed E-state index contributed by atoms with van der Waals surface area (Å²) >= 11 is 4.00. The first kappa shape index (κ1) is 12.8. The molecule has 6 heteroatoms. The molecule has 0 bridgehead atoms. The van der Waals surface area contributed by atoms with Crippen LogP contribution in [0.2, 0.25) is 0 Å². The molecule has 0 nitrogen and oxygen atoms in total. The van der Waals surface area contributed by atoms with Gasteiger partial charge in [0.05, 0.1) is 10.9 Å². The minimum Gasteiger partial charge on any atom is -0.206 e. The summed E-state index contributed by atoms with van der Waals surface area (Å²) in [4.78, 5) is 0.431. The molecule has 0 saturated heterocycles. The maximum absolute atomic E-state index is 13.0. The molecule has 0 atom stereocenters. The monoisotopic (exact) mass is 302 g/mol. The van der Waals surface area contributed by atoms with Gasteiger partial charge in [-0.3, -0.25) is 0 Å². The first-order valence-corrected chi connectivity index (χ1v) is 5.94. The van der Waals surface area contributed by atoms with E-state index in [-0.39, 0.29) is 10.0 Å². The highest BCUT2D eigenvalue weighted by molar-refractivity contribution is 9.10. The molecule has 0 unspecified atom stereocenters. The second-order valence-corrected chi connectivity index (χ2v) is 4.48. The molecule has 0 amide bonds. The average molecular weight is 303 g/mol. The number of benzene rings is 1. The lowest BCUT2D eigenvalue weighted by Crippen LogP contribution is -2.13. The number of thioether (sulfide) groups is 1. The maximum atomic E-state index is 13.0. The lowest BCUT2D eigenvalue weighted by atomic mass is 10.1. The van der Waals surface area contributed by atoms with Crippen molar-refractivity contribution < 1.29 is 17.6 Å². The van der Waals surface area contributed by atoms with Crippen molar-refractivity contribution in [2.24, 2.45) is 0 Å². The predicted molar refractivity (Wildman–Crippen MR) is 55.6 cm³/mol. The van der Waals surface area contributed by atoms with Crippen molar-refractivity contribution >= 4 is 27.7 Å². The summed E-state index contributed by atoms with van der Waals surface area (Å²) in [5.74, 6) is -0.674. The van der Waals surface area contributed by atoms with Gasteiger partial charge >= 0.3 is 6.18 Å². The van der Waals surface area contributed by atoms with Crippen LogP contribution < -0.4 is 0 Å². The van der Waals surface area contributed by atoms with E-state index in [1.165, 1.54) is 6.07 Å². The predicted octanol–water partition coefficient (Wildman–Crippen LogP) is 4.41. The van der Waals surface area contributed by atoms with E-state index in [1.54, 1.807) is 6.26 Å². The van der Waals surface area contributed by atoms with Gasteiger partial charge in [0.15, 0.2) is 0 Å². The van der Waals surface area contributed by atoms with E-state index < -0.39 is 18.4 Å². The van der Waals surface area contributed by atoms with Crippen molar-refractivity contribution in [3.63, 3.8) is 0 Å². The van der Waals surface area contributed by atoms with Crippen LogP contribution in [0.15, 0.2) is 21.5 Å². The Labute approximate surface area is 97.2 Å². The first-order valence-electron chi connectivity index (χ1n) is 3.93. The first-order chi connectivity index (χ1) is 6.85. The summed E-state index contributed by atoms with van der Waals surface area (Å²) in [6, 6.07) is 2.50. The second-order valence-electron chi connectivity index (χ2n) is 2.83. The molecule has 0 heterocycles. The van der Waals surface area contributed by atoms with Crippen LogP contribution in [0.3, 0.4) is 0 Å². The minimum atomic E-state index is -4.33. The van der Waals surface area contributed by atoms with Crippen LogP contribution in [0.5, 0.6) is 0 Å². The number of rotatable bonds is 2. The zero-order chi connectivity index (χ0) is 11.6. The maximum Gasteiger partial charge on any atom is 0.393 e. The van der Waals surface area contributed by atoms with Gasteiger partial charge in [0.25, 0.3) is 0 Å². The number of alkyl halides is 3. The third-order valence-corrected chi connectivity index (χ3v) is 3.43. The molecule has 0 radical (unpaired) electrons. The van der Waals surface area contributed by atoms with E-state index in [1.807, 2.05) is 0 Å². The fourth-order valence-electron chi connectivity index (χ4n) is 1.13.